The largest absolute Gasteiger partial charge is 0.462 e. The number of hydrogen-bond acceptors (Lipinski definition) is 5. The van der Waals surface area contributed by atoms with Gasteiger partial charge in [0.25, 0.3) is 0 Å². The van der Waals surface area contributed by atoms with Gasteiger partial charge < -0.3 is 15.0 Å². The Bertz CT molecular complexity index is 419. The third kappa shape index (κ3) is 3.67. The summed E-state index contributed by atoms with van der Waals surface area (Å²) in [5.41, 5.74) is 0.491. The predicted octanol–water partition coefficient (Wildman–Crippen LogP) is 1.76. The Morgan fingerprint density at radius 3 is 3.00 bits per heavy atom. The maximum atomic E-state index is 11.5. The second-order valence-corrected chi connectivity index (χ2v) is 4.81. The fourth-order valence-electron chi connectivity index (χ4n) is 2.29. The van der Waals surface area contributed by atoms with Gasteiger partial charge in [-0.15, -0.1) is 0 Å². The molecule has 1 aliphatic heterocycles. The van der Waals surface area contributed by atoms with Gasteiger partial charge in [0.1, 0.15) is 5.82 Å². The number of likely N-dealkylation sites (N-methyl/N-ethyl adjacent to an activating group) is 1. The summed E-state index contributed by atoms with van der Waals surface area (Å²) in [5.74, 6) is 0.477. The highest BCUT2D eigenvalue weighted by Crippen LogP contribution is 2.15. The molecule has 1 aliphatic rings. The molecule has 1 fully saturated rings. The van der Waals surface area contributed by atoms with Gasteiger partial charge in [0, 0.05) is 18.8 Å². The van der Waals surface area contributed by atoms with Crippen molar-refractivity contribution in [3.8, 4) is 0 Å². The molecular formula is C14H21N3O2. The standard InChI is InChI=1S/C14H21N3O2/c1-3-19-14(18)11-6-7-13(15-9-11)16-10-12-5-4-8-17(12)2/h6-7,9,12H,3-5,8,10H2,1-2H3,(H,15,16). The monoisotopic (exact) mass is 263 g/mol. The van der Waals surface area contributed by atoms with E-state index in [9.17, 15) is 4.79 Å². The minimum Gasteiger partial charge on any atom is -0.462 e. The van der Waals surface area contributed by atoms with Crippen molar-refractivity contribution in [2.24, 2.45) is 0 Å². The normalized spacial score (nSPS) is 19.4. The maximum absolute atomic E-state index is 11.5. The van der Waals surface area contributed by atoms with Crippen LogP contribution < -0.4 is 5.32 Å². The van der Waals surface area contributed by atoms with Gasteiger partial charge in [0.2, 0.25) is 0 Å². The quantitative estimate of drug-likeness (QED) is 0.820. The number of likely N-dealkylation sites (tertiary alicyclic amines) is 1. The summed E-state index contributed by atoms with van der Waals surface area (Å²) in [6.45, 7) is 4.23. The molecule has 2 heterocycles. The topological polar surface area (TPSA) is 54.5 Å². The van der Waals surface area contributed by atoms with Crippen LogP contribution in [-0.4, -0.2) is 48.6 Å². The van der Waals surface area contributed by atoms with E-state index >= 15 is 0 Å². The van der Waals surface area contributed by atoms with Crippen LogP contribution in [-0.2, 0) is 4.74 Å². The van der Waals surface area contributed by atoms with Crippen LogP contribution in [0.5, 0.6) is 0 Å². The fourth-order valence-corrected chi connectivity index (χ4v) is 2.29. The first-order valence-corrected chi connectivity index (χ1v) is 6.78. The molecule has 19 heavy (non-hydrogen) atoms. The smallest absolute Gasteiger partial charge is 0.339 e. The van der Waals surface area contributed by atoms with Crippen LogP contribution in [0.3, 0.4) is 0 Å². The van der Waals surface area contributed by atoms with E-state index in [-0.39, 0.29) is 5.97 Å². The average Bonchev–Trinajstić information content (AvgIpc) is 2.83. The zero-order valence-corrected chi connectivity index (χ0v) is 11.6. The van der Waals surface area contributed by atoms with Crippen LogP contribution in [0, 0.1) is 0 Å². The van der Waals surface area contributed by atoms with Crippen LogP contribution in [0.2, 0.25) is 0 Å². The Labute approximate surface area is 114 Å². The van der Waals surface area contributed by atoms with Crippen LogP contribution in [0.25, 0.3) is 0 Å². The second-order valence-electron chi connectivity index (χ2n) is 4.81. The van der Waals surface area contributed by atoms with Gasteiger partial charge >= 0.3 is 5.97 Å². The summed E-state index contributed by atoms with van der Waals surface area (Å²) in [6.07, 6.45) is 4.04. The number of nitrogens with zero attached hydrogens (tertiary/aromatic N) is 2. The molecule has 2 rings (SSSR count). The Kier molecular flexibility index (Phi) is 4.74. The van der Waals surface area contributed by atoms with E-state index in [0.29, 0.717) is 18.2 Å². The molecule has 5 nitrogen and oxygen atoms in total. The number of hydrogen-bond donors (Lipinski definition) is 1. The number of carbonyl (C=O) groups is 1. The molecule has 1 saturated heterocycles. The lowest BCUT2D eigenvalue weighted by Crippen LogP contribution is -2.31. The van der Waals surface area contributed by atoms with Gasteiger partial charge in [-0.05, 0) is 45.5 Å². The Balaban J connectivity index is 1.86. The van der Waals surface area contributed by atoms with Crippen molar-refractivity contribution in [2.75, 3.05) is 32.1 Å². The van der Waals surface area contributed by atoms with E-state index in [1.165, 1.54) is 19.4 Å². The van der Waals surface area contributed by atoms with Crippen LogP contribution in [0.15, 0.2) is 18.3 Å². The minimum absolute atomic E-state index is 0.322. The number of anilines is 1. The molecular weight excluding hydrogens is 242 g/mol. The Morgan fingerprint density at radius 1 is 1.58 bits per heavy atom. The van der Waals surface area contributed by atoms with Crippen molar-refractivity contribution in [1.82, 2.24) is 9.88 Å². The van der Waals surface area contributed by atoms with Crippen molar-refractivity contribution in [3.05, 3.63) is 23.9 Å². The van der Waals surface area contributed by atoms with Crippen molar-refractivity contribution in [3.63, 3.8) is 0 Å². The SMILES string of the molecule is CCOC(=O)c1ccc(NCC2CCCN2C)nc1. The van der Waals surface area contributed by atoms with E-state index < -0.39 is 0 Å². The molecule has 0 saturated carbocycles. The van der Waals surface area contributed by atoms with Crippen molar-refractivity contribution < 1.29 is 9.53 Å². The third-order valence-electron chi connectivity index (χ3n) is 3.46. The van der Waals surface area contributed by atoms with Gasteiger partial charge in [-0.25, -0.2) is 9.78 Å². The van der Waals surface area contributed by atoms with Gasteiger partial charge in [-0.1, -0.05) is 0 Å². The number of esters is 1. The van der Waals surface area contributed by atoms with Crippen molar-refractivity contribution in [2.45, 2.75) is 25.8 Å². The van der Waals surface area contributed by atoms with E-state index in [1.807, 2.05) is 6.07 Å². The van der Waals surface area contributed by atoms with Crippen molar-refractivity contribution in [1.29, 1.82) is 0 Å². The molecule has 1 aromatic rings. The van der Waals surface area contributed by atoms with Gasteiger partial charge in [0.15, 0.2) is 0 Å². The molecule has 0 aromatic carbocycles. The summed E-state index contributed by atoms with van der Waals surface area (Å²) in [4.78, 5) is 18.1. The molecule has 1 aromatic heterocycles. The molecule has 1 unspecified atom stereocenters. The summed E-state index contributed by atoms with van der Waals surface area (Å²) in [7, 11) is 2.15. The van der Waals surface area contributed by atoms with Crippen LogP contribution >= 0.6 is 0 Å². The van der Waals surface area contributed by atoms with Gasteiger partial charge in [0.05, 0.1) is 12.2 Å². The van der Waals surface area contributed by atoms with Gasteiger partial charge in [-0.3, -0.25) is 0 Å². The fraction of sp³-hybridized carbons (Fsp3) is 0.571. The lowest BCUT2D eigenvalue weighted by Gasteiger charge is -2.19. The Morgan fingerprint density at radius 2 is 2.42 bits per heavy atom. The molecule has 0 radical (unpaired) electrons. The first-order valence-electron chi connectivity index (χ1n) is 6.78. The molecule has 0 amide bonds. The van der Waals surface area contributed by atoms with E-state index in [0.717, 1.165) is 12.4 Å². The number of carbonyl (C=O) groups excluding carboxylic acids is 1. The number of ether oxygens (including phenoxy) is 1. The lowest BCUT2D eigenvalue weighted by atomic mass is 10.2. The van der Waals surface area contributed by atoms with Gasteiger partial charge in [-0.2, -0.15) is 0 Å². The lowest BCUT2D eigenvalue weighted by molar-refractivity contribution is 0.0526. The number of nitrogens with one attached hydrogen (secondary N) is 1. The molecule has 1 N–H and O–H groups in total. The molecule has 0 aliphatic carbocycles. The summed E-state index contributed by atoms with van der Waals surface area (Å²) < 4.78 is 4.92. The highest BCUT2D eigenvalue weighted by atomic mass is 16.5. The molecule has 0 bridgehead atoms. The molecule has 0 spiro atoms. The first-order chi connectivity index (χ1) is 9.20. The zero-order chi connectivity index (χ0) is 13.7. The zero-order valence-electron chi connectivity index (χ0n) is 11.6. The summed E-state index contributed by atoms with van der Waals surface area (Å²) in [5, 5.41) is 3.31. The maximum Gasteiger partial charge on any atom is 0.339 e. The van der Waals surface area contributed by atoms with E-state index in [4.69, 9.17) is 4.74 Å². The minimum atomic E-state index is -0.322. The number of rotatable bonds is 5. The van der Waals surface area contributed by atoms with E-state index in [2.05, 4.69) is 22.2 Å². The second kappa shape index (κ2) is 6.52. The molecule has 5 heteroatoms. The van der Waals surface area contributed by atoms with Crippen LogP contribution in [0.4, 0.5) is 5.82 Å². The third-order valence-corrected chi connectivity index (χ3v) is 3.46. The molecule has 1 atom stereocenters. The highest BCUT2D eigenvalue weighted by Gasteiger charge is 2.20. The average molecular weight is 263 g/mol. The summed E-state index contributed by atoms with van der Waals surface area (Å²) in [6, 6.07) is 4.14. The van der Waals surface area contributed by atoms with Crippen LogP contribution in [0.1, 0.15) is 30.1 Å². The molecule has 104 valence electrons. The number of aromatic nitrogens is 1. The summed E-state index contributed by atoms with van der Waals surface area (Å²) >= 11 is 0. The Hall–Kier alpha value is -1.62. The first kappa shape index (κ1) is 13.8. The van der Waals surface area contributed by atoms with Crippen molar-refractivity contribution >= 4 is 11.8 Å². The predicted molar refractivity (Wildman–Crippen MR) is 74.3 cm³/mol. The number of pyridine rings is 1. The van der Waals surface area contributed by atoms with E-state index in [1.54, 1.807) is 19.2 Å². The highest BCUT2D eigenvalue weighted by molar-refractivity contribution is 5.89.